The zero-order chi connectivity index (χ0) is 17.1. The summed E-state index contributed by atoms with van der Waals surface area (Å²) < 4.78 is 0. The van der Waals surface area contributed by atoms with Gasteiger partial charge in [-0.2, -0.15) is 0 Å². The number of carbonyl (C=O) groups excluding carboxylic acids is 1. The van der Waals surface area contributed by atoms with E-state index in [9.17, 15) is 4.79 Å². The van der Waals surface area contributed by atoms with E-state index in [0.717, 1.165) is 32.5 Å². The molecule has 1 amide bonds. The van der Waals surface area contributed by atoms with E-state index in [1.54, 1.807) is 12.5 Å². The maximum Gasteiger partial charge on any atom is 0.272 e. The normalized spacial score (nSPS) is 17.9. The smallest absolute Gasteiger partial charge is 0.272 e. The van der Waals surface area contributed by atoms with Crippen LogP contribution in [-0.4, -0.2) is 44.9 Å². The summed E-state index contributed by atoms with van der Waals surface area (Å²) in [5.41, 5.74) is 3.01. The number of nitrogens with zero attached hydrogens (tertiary/aromatic N) is 2. The van der Waals surface area contributed by atoms with Crippen molar-refractivity contribution in [3.63, 3.8) is 0 Å². The number of piperidine rings is 1. The number of hydrogen-bond donors (Lipinski definition) is 3. The summed E-state index contributed by atoms with van der Waals surface area (Å²) in [6.07, 6.45) is 8.41. The highest BCUT2D eigenvalue weighted by molar-refractivity contribution is 5.92. The van der Waals surface area contributed by atoms with E-state index in [4.69, 9.17) is 0 Å². The van der Waals surface area contributed by atoms with Gasteiger partial charge in [-0.05, 0) is 36.3 Å². The van der Waals surface area contributed by atoms with E-state index in [1.807, 2.05) is 11.1 Å². The first kappa shape index (κ1) is 15.9. The Bertz CT molecular complexity index is 839. The third-order valence-corrected chi connectivity index (χ3v) is 4.99. The first-order valence-corrected chi connectivity index (χ1v) is 8.88. The average molecular weight is 337 g/mol. The minimum Gasteiger partial charge on any atom is -0.361 e. The number of aromatic amines is 2. The molecule has 25 heavy (non-hydrogen) atoms. The monoisotopic (exact) mass is 337 g/mol. The van der Waals surface area contributed by atoms with Crippen LogP contribution in [0, 0.1) is 0 Å². The summed E-state index contributed by atoms with van der Waals surface area (Å²) in [6, 6.07) is 8.65. The Morgan fingerprint density at radius 1 is 1.28 bits per heavy atom. The first-order chi connectivity index (χ1) is 12.3. The summed E-state index contributed by atoms with van der Waals surface area (Å²) >= 11 is 0. The summed E-state index contributed by atoms with van der Waals surface area (Å²) in [7, 11) is 0. The number of imidazole rings is 1. The van der Waals surface area contributed by atoms with Crippen LogP contribution in [0.5, 0.6) is 0 Å². The zero-order valence-electron chi connectivity index (χ0n) is 14.2. The maximum atomic E-state index is 12.7. The second-order valence-corrected chi connectivity index (χ2v) is 6.60. The molecule has 0 bridgehead atoms. The summed E-state index contributed by atoms with van der Waals surface area (Å²) in [6.45, 7) is 2.41. The molecule has 1 fully saturated rings. The van der Waals surface area contributed by atoms with Crippen molar-refractivity contribution in [1.29, 1.82) is 0 Å². The van der Waals surface area contributed by atoms with E-state index in [2.05, 4.69) is 44.5 Å². The number of H-pyrrole nitrogens is 2. The summed E-state index contributed by atoms with van der Waals surface area (Å²) in [5, 5.41) is 4.77. The molecule has 0 aliphatic carbocycles. The van der Waals surface area contributed by atoms with E-state index in [-0.39, 0.29) is 11.9 Å². The van der Waals surface area contributed by atoms with Crippen molar-refractivity contribution >= 4 is 16.8 Å². The molecule has 6 nitrogen and oxygen atoms in total. The van der Waals surface area contributed by atoms with Crippen LogP contribution in [0.2, 0.25) is 0 Å². The molecule has 1 aliphatic heterocycles. The van der Waals surface area contributed by atoms with Gasteiger partial charge in [0.1, 0.15) is 5.69 Å². The SMILES string of the molecule is O=C(c1cnc[nH]1)N1CCCC[C@H]1CNCc1cccc2cc[nH]c12. The van der Waals surface area contributed by atoms with E-state index >= 15 is 0 Å². The second kappa shape index (κ2) is 7.11. The molecule has 3 N–H and O–H groups in total. The van der Waals surface area contributed by atoms with Crippen LogP contribution in [-0.2, 0) is 6.54 Å². The summed E-state index contributed by atoms with van der Waals surface area (Å²) in [5.74, 6) is 0.0514. The molecular weight excluding hydrogens is 314 g/mol. The molecule has 1 atom stereocenters. The van der Waals surface area contributed by atoms with Gasteiger partial charge in [0.05, 0.1) is 12.5 Å². The van der Waals surface area contributed by atoms with Gasteiger partial charge in [0, 0.05) is 37.4 Å². The molecule has 0 radical (unpaired) electrons. The topological polar surface area (TPSA) is 76.8 Å². The van der Waals surface area contributed by atoms with Crippen molar-refractivity contribution in [3.8, 4) is 0 Å². The fourth-order valence-electron chi connectivity index (χ4n) is 3.68. The van der Waals surface area contributed by atoms with Gasteiger partial charge < -0.3 is 20.2 Å². The highest BCUT2D eigenvalue weighted by Crippen LogP contribution is 2.20. The minimum absolute atomic E-state index is 0.0514. The van der Waals surface area contributed by atoms with Crippen LogP contribution < -0.4 is 5.32 Å². The standard InChI is InChI=1S/C19H23N5O/c25-19(17-12-21-13-23-17)24-9-2-1-6-16(24)11-20-10-15-5-3-4-14-7-8-22-18(14)15/h3-5,7-8,12-13,16,20,22H,1-2,6,9-11H2,(H,21,23)/t16-/m0/s1. The number of likely N-dealkylation sites (tertiary alicyclic amines) is 1. The van der Waals surface area contributed by atoms with Crippen LogP contribution in [0.25, 0.3) is 10.9 Å². The molecule has 3 aromatic rings. The maximum absolute atomic E-state index is 12.7. The van der Waals surface area contributed by atoms with Gasteiger partial charge in [0.15, 0.2) is 0 Å². The van der Waals surface area contributed by atoms with Gasteiger partial charge in [0.25, 0.3) is 5.91 Å². The van der Waals surface area contributed by atoms with Crippen LogP contribution in [0.3, 0.4) is 0 Å². The Morgan fingerprint density at radius 2 is 2.24 bits per heavy atom. The van der Waals surface area contributed by atoms with Crippen LogP contribution in [0.1, 0.15) is 35.3 Å². The van der Waals surface area contributed by atoms with Crippen molar-refractivity contribution < 1.29 is 4.79 Å². The molecule has 1 saturated heterocycles. The highest BCUT2D eigenvalue weighted by Gasteiger charge is 2.27. The van der Waals surface area contributed by atoms with E-state index in [0.29, 0.717) is 5.69 Å². The lowest BCUT2D eigenvalue weighted by molar-refractivity contribution is 0.0606. The Kier molecular flexibility index (Phi) is 4.52. The molecule has 0 spiro atoms. The van der Waals surface area contributed by atoms with Crippen molar-refractivity contribution in [2.45, 2.75) is 31.8 Å². The number of nitrogens with one attached hydrogen (secondary N) is 3. The average Bonchev–Trinajstić information content (AvgIpc) is 3.33. The number of aromatic nitrogens is 3. The number of carbonyl (C=O) groups is 1. The fraction of sp³-hybridized carbons (Fsp3) is 0.368. The van der Waals surface area contributed by atoms with Crippen molar-refractivity contribution in [1.82, 2.24) is 25.2 Å². The van der Waals surface area contributed by atoms with Crippen LogP contribution >= 0.6 is 0 Å². The second-order valence-electron chi connectivity index (χ2n) is 6.60. The first-order valence-electron chi connectivity index (χ1n) is 8.88. The van der Waals surface area contributed by atoms with Crippen molar-refractivity contribution in [2.24, 2.45) is 0 Å². The number of benzene rings is 1. The number of amides is 1. The molecule has 130 valence electrons. The Labute approximate surface area is 146 Å². The van der Waals surface area contributed by atoms with Gasteiger partial charge in [-0.15, -0.1) is 0 Å². The predicted molar refractivity (Wildman–Crippen MR) is 97.3 cm³/mol. The third kappa shape index (κ3) is 3.30. The molecular formula is C19H23N5O. The predicted octanol–water partition coefficient (Wildman–Crippen LogP) is 2.68. The molecule has 3 heterocycles. The molecule has 0 unspecified atom stereocenters. The Balaban J connectivity index is 1.40. The lowest BCUT2D eigenvalue weighted by Gasteiger charge is -2.35. The quantitative estimate of drug-likeness (QED) is 0.670. The molecule has 1 aromatic carbocycles. The largest absolute Gasteiger partial charge is 0.361 e. The van der Waals surface area contributed by atoms with Crippen LogP contribution in [0.15, 0.2) is 43.0 Å². The minimum atomic E-state index is 0.0514. The molecule has 1 aliphatic rings. The van der Waals surface area contributed by atoms with Gasteiger partial charge in [-0.3, -0.25) is 4.79 Å². The van der Waals surface area contributed by atoms with Crippen molar-refractivity contribution in [2.75, 3.05) is 13.1 Å². The lowest BCUT2D eigenvalue weighted by Crippen LogP contribution is -2.48. The number of fused-ring (bicyclic) bond motifs is 1. The fourth-order valence-corrected chi connectivity index (χ4v) is 3.68. The molecule has 6 heteroatoms. The van der Waals surface area contributed by atoms with E-state index < -0.39 is 0 Å². The number of hydrogen-bond acceptors (Lipinski definition) is 3. The summed E-state index contributed by atoms with van der Waals surface area (Å²) in [4.78, 5) is 24.9. The highest BCUT2D eigenvalue weighted by atomic mass is 16.2. The zero-order valence-corrected chi connectivity index (χ0v) is 14.2. The van der Waals surface area contributed by atoms with Gasteiger partial charge >= 0.3 is 0 Å². The van der Waals surface area contributed by atoms with Gasteiger partial charge in [0.2, 0.25) is 0 Å². The van der Waals surface area contributed by atoms with Crippen molar-refractivity contribution in [3.05, 3.63) is 54.2 Å². The van der Waals surface area contributed by atoms with Crippen LogP contribution in [0.4, 0.5) is 0 Å². The van der Waals surface area contributed by atoms with E-state index in [1.165, 1.54) is 22.9 Å². The third-order valence-electron chi connectivity index (χ3n) is 4.99. The van der Waals surface area contributed by atoms with Gasteiger partial charge in [-0.1, -0.05) is 18.2 Å². The van der Waals surface area contributed by atoms with Gasteiger partial charge in [-0.25, -0.2) is 4.98 Å². The lowest BCUT2D eigenvalue weighted by atomic mass is 10.0. The Hall–Kier alpha value is -2.60. The molecule has 2 aromatic heterocycles. The number of rotatable bonds is 5. The Morgan fingerprint density at radius 3 is 3.12 bits per heavy atom. The molecule has 0 saturated carbocycles. The number of para-hydroxylation sites is 1. The molecule has 4 rings (SSSR count).